The molecule has 0 aromatic carbocycles. The van der Waals surface area contributed by atoms with Crippen molar-refractivity contribution in [3.63, 3.8) is 0 Å². The van der Waals surface area contributed by atoms with Crippen molar-refractivity contribution in [1.82, 2.24) is 25.3 Å². The Balaban J connectivity index is 2.08. The second-order valence-corrected chi connectivity index (χ2v) is 3.48. The lowest BCUT2D eigenvalue weighted by Crippen LogP contribution is -2.12. The molecule has 2 N–H and O–H groups in total. The Bertz CT molecular complexity index is 462. The smallest absolute Gasteiger partial charge is 0.320 e. The number of anilines is 2. The highest BCUT2D eigenvalue weighted by atomic mass is 16.4. The van der Waals surface area contributed by atoms with Crippen LogP contribution in [-0.2, 0) is 7.05 Å². The van der Waals surface area contributed by atoms with Crippen LogP contribution in [0.4, 0.5) is 11.7 Å². The Hall–Kier alpha value is -1.89. The quantitative estimate of drug-likeness (QED) is 0.797. The van der Waals surface area contributed by atoms with Crippen LogP contribution in [0.1, 0.15) is 18.9 Å². The molecule has 2 heterocycles. The first-order valence-electron chi connectivity index (χ1n) is 4.95. The minimum absolute atomic E-state index is 0.0388. The van der Waals surface area contributed by atoms with E-state index in [4.69, 9.17) is 4.42 Å². The largest absolute Gasteiger partial charge is 0.406 e. The van der Waals surface area contributed by atoms with E-state index in [2.05, 4.69) is 25.9 Å². The summed E-state index contributed by atoms with van der Waals surface area (Å²) in [4.78, 5) is 0. The van der Waals surface area contributed by atoms with Gasteiger partial charge in [-0.15, -0.1) is 5.10 Å². The maximum atomic E-state index is 5.42. The van der Waals surface area contributed by atoms with Crippen molar-refractivity contribution in [2.45, 2.75) is 13.0 Å². The molecule has 2 rings (SSSR count). The highest BCUT2D eigenvalue weighted by molar-refractivity contribution is 5.48. The third-order valence-corrected chi connectivity index (χ3v) is 2.20. The first-order valence-corrected chi connectivity index (χ1v) is 4.95. The van der Waals surface area contributed by atoms with Crippen LogP contribution in [0.15, 0.2) is 16.8 Å². The number of aromatic nitrogens is 4. The molecule has 0 spiro atoms. The average Bonchev–Trinajstić information content (AvgIpc) is 2.87. The second kappa shape index (κ2) is 4.31. The zero-order chi connectivity index (χ0) is 11.5. The second-order valence-electron chi connectivity index (χ2n) is 3.48. The Morgan fingerprint density at radius 2 is 2.25 bits per heavy atom. The zero-order valence-electron chi connectivity index (χ0n) is 9.43. The van der Waals surface area contributed by atoms with Gasteiger partial charge >= 0.3 is 6.01 Å². The molecule has 16 heavy (non-hydrogen) atoms. The van der Waals surface area contributed by atoms with Gasteiger partial charge in [-0.25, -0.2) is 0 Å². The van der Waals surface area contributed by atoms with E-state index in [-0.39, 0.29) is 6.04 Å². The van der Waals surface area contributed by atoms with Gasteiger partial charge in [0.1, 0.15) is 0 Å². The van der Waals surface area contributed by atoms with E-state index < -0.39 is 0 Å². The van der Waals surface area contributed by atoms with Crippen molar-refractivity contribution >= 4 is 11.7 Å². The van der Waals surface area contributed by atoms with E-state index in [0.717, 1.165) is 5.69 Å². The fraction of sp³-hybridized carbons (Fsp3) is 0.444. The standard InChI is InChI=1S/C9H14N6O/c1-6(10-2)8-13-14-9(16-8)12-7-4-11-15(3)5-7/h4-6,10H,1-3H3,(H,12,14). The van der Waals surface area contributed by atoms with Gasteiger partial charge in [0.05, 0.1) is 17.9 Å². The maximum absolute atomic E-state index is 5.42. The van der Waals surface area contributed by atoms with Gasteiger partial charge in [0.15, 0.2) is 0 Å². The minimum atomic E-state index is 0.0388. The number of nitrogens with zero attached hydrogens (tertiary/aromatic N) is 4. The van der Waals surface area contributed by atoms with Crippen LogP contribution >= 0.6 is 0 Å². The van der Waals surface area contributed by atoms with E-state index in [0.29, 0.717) is 11.9 Å². The summed E-state index contributed by atoms with van der Waals surface area (Å²) in [6, 6.07) is 0.405. The van der Waals surface area contributed by atoms with E-state index in [9.17, 15) is 0 Å². The monoisotopic (exact) mass is 222 g/mol. The summed E-state index contributed by atoms with van der Waals surface area (Å²) in [5.74, 6) is 0.550. The fourth-order valence-electron chi connectivity index (χ4n) is 1.19. The molecule has 2 aromatic heterocycles. The molecule has 7 nitrogen and oxygen atoms in total. The predicted octanol–water partition coefficient (Wildman–Crippen LogP) is 0.827. The molecule has 0 aliphatic carbocycles. The molecule has 0 radical (unpaired) electrons. The topological polar surface area (TPSA) is 80.8 Å². The highest BCUT2D eigenvalue weighted by Gasteiger charge is 2.12. The van der Waals surface area contributed by atoms with Gasteiger partial charge in [-0.3, -0.25) is 4.68 Å². The Morgan fingerprint density at radius 3 is 2.88 bits per heavy atom. The summed E-state index contributed by atoms with van der Waals surface area (Å²) in [6.45, 7) is 1.95. The third kappa shape index (κ3) is 2.19. The van der Waals surface area contributed by atoms with Gasteiger partial charge in [-0.1, -0.05) is 5.10 Å². The summed E-state index contributed by atoms with van der Waals surface area (Å²) in [6.07, 6.45) is 3.51. The molecule has 0 saturated heterocycles. The number of rotatable bonds is 4. The molecule has 7 heteroatoms. The minimum Gasteiger partial charge on any atom is -0.406 e. The molecule has 0 saturated carbocycles. The van der Waals surface area contributed by atoms with Gasteiger partial charge in [-0.2, -0.15) is 5.10 Å². The lowest BCUT2D eigenvalue weighted by Gasteiger charge is -2.02. The maximum Gasteiger partial charge on any atom is 0.320 e. The Labute approximate surface area is 92.9 Å². The van der Waals surface area contributed by atoms with Gasteiger partial charge in [0.25, 0.3) is 0 Å². The van der Waals surface area contributed by atoms with Gasteiger partial charge in [0.2, 0.25) is 5.89 Å². The van der Waals surface area contributed by atoms with E-state index >= 15 is 0 Å². The van der Waals surface area contributed by atoms with Crippen LogP contribution in [0.5, 0.6) is 0 Å². The lowest BCUT2D eigenvalue weighted by atomic mass is 10.3. The zero-order valence-corrected chi connectivity index (χ0v) is 9.43. The van der Waals surface area contributed by atoms with E-state index in [1.165, 1.54) is 0 Å². The summed E-state index contributed by atoms with van der Waals surface area (Å²) in [5.41, 5.74) is 0.815. The molecule has 0 bridgehead atoms. The van der Waals surface area contributed by atoms with Gasteiger partial charge < -0.3 is 15.1 Å². The summed E-state index contributed by atoms with van der Waals surface area (Å²) < 4.78 is 7.11. The van der Waals surface area contributed by atoms with Crippen molar-refractivity contribution in [2.24, 2.45) is 7.05 Å². The summed E-state index contributed by atoms with van der Waals surface area (Å²) >= 11 is 0. The normalized spacial score (nSPS) is 12.7. The Morgan fingerprint density at radius 1 is 1.44 bits per heavy atom. The predicted molar refractivity (Wildman–Crippen MR) is 58.3 cm³/mol. The van der Waals surface area contributed by atoms with E-state index in [1.807, 2.05) is 27.2 Å². The average molecular weight is 222 g/mol. The van der Waals surface area contributed by atoms with E-state index in [1.54, 1.807) is 10.9 Å². The molecule has 2 aromatic rings. The Kier molecular flexibility index (Phi) is 2.86. The molecule has 0 aliphatic heterocycles. The van der Waals surface area contributed by atoms with Crippen molar-refractivity contribution in [3.05, 3.63) is 18.3 Å². The van der Waals surface area contributed by atoms with Crippen molar-refractivity contribution in [1.29, 1.82) is 0 Å². The van der Waals surface area contributed by atoms with Crippen LogP contribution in [0, 0.1) is 0 Å². The molecule has 86 valence electrons. The summed E-state index contributed by atoms with van der Waals surface area (Å²) in [7, 11) is 3.68. The lowest BCUT2D eigenvalue weighted by molar-refractivity contribution is 0.443. The van der Waals surface area contributed by atoms with Gasteiger partial charge in [-0.05, 0) is 14.0 Å². The van der Waals surface area contributed by atoms with Crippen LogP contribution in [0.25, 0.3) is 0 Å². The van der Waals surface area contributed by atoms with Crippen LogP contribution in [0.3, 0.4) is 0 Å². The first-order chi connectivity index (χ1) is 7.69. The molecule has 1 atom stereocenters. The number of hydrogen-bond donors (Lipinski definition) is 2. The van der Waals surface area contributed by atoms with Crippen LogP contribution in [0.2, 0.25) is 0 Å². The third-order valence-electron chi connectivity index (χ3n) is 2.20. The molecular formula is C9H14N6O. The molecule has 0 aliphatic rings. The number of nitrogens with one attached hydrogen (secondary N) is 2. The molecule has 0 fully saturated rings. The SMILES string of the molecule is CNC(C)c1nnc(Nc2cnn(C)c2)o1. The van der Waals surface area contributed by atoms with Crippen molar-refractivity contribution in [3.8, 4) is 0 Å². The molecule has 0 amide bonds. The van der Waals surface area contributed by atoms with Crippen molar-refractivity contribution < 1.29 is 4.42 Å². The number of hydrogen-bond acceptors (Lipinski definition) is 6. The van der Waals surface area contributed by atoms with Crippen LogP contribution < -0.4 is 10.6 Å². The highest BCUT2D eigenvalue weighted by Crippen LogP contribution is 2.17. The summed E-state index contributed by atoms with van der Waals surface area (Å²) in [5, 5.41) is 17.8. The van der Waals surface area contributed by atoms with Gasteiger partial charge in [0, 0.05) is 13.2 Å². The first kappa shape index (κ1) is 10.6. The number of aryl methyl sites for hydroxylation is 1. The fourth-order valence-corrected chi connectivity index (χ4v) is 1.19. The van der Waals surface area contributed by atoms with Crippen molar-refractivity contribution in [2.75, 3.05) is 12.4 Å². The van der Waals surface area contributed by atoms with Crippen LogP contribution in [-0.4, -0.2) is 27.0 Å². The molecular weight excluding hydrogens is 208 g/mol. The molecule has 1 unspecified atom stereocenters.